The normalized spacial score (nSPS) is 11.4. The molecule has 2 rings (SSSR count). The standard InChI is InChI=1S/C14H12Cl2FNO2S/c1-21(19,20)9-5-6-13(17)14(7-9)18-8-10-11(15)3-2-4-12(10)16/h2-7,18H,8H2,1H3. The van der Waals surface area contributed by atoms with Crippen LogP contribution in [-0.4, -0.2) is 14.7 Å². The number of sulfone groups is 1. The van der Waals surface area contributed by atoms with Gasteiger partial charge in [-0.05, 0) is 30.3 Å². The van der Waals surface area contributed by atoms with E-state index in [2.05, 4.69) is 5.32 Å². The Morgan fingerprint density at radius 3 is 2.33 bits per heavy atom. The topological polar surface area (TPSA) is 46.2 Å². The van der Waals surface area contributed by atoms with Crippen molar-refractivity contribution in [2.75, 3.05) is 11.6 Å². The number of anilines is 1. The molecule has 0 saturated carbocycles. The summed E-state index contributed by atoms with van der Waals surface area (Å²) in [6, 6.07) is 8.63. The fourth-order valence-corrected chi connectivity index (χ4v) is 2.93. The third-order valence-electron chi connectivity index (χ3n) is 2.88. The second kappa shape index (κ2) is 6.22. The minimum absolute atomic E-state index is 0.0386. The Balaban J connectivity index is 2.28. The molecule has 0 aliphatic carbocycles. The summed E-state index contributed by atoms with van der Waals surface area (Å²) in [4.78, 5) is 0.0386. The van der Waals surface area contributed by atoms with E-state index in [9.17, 15) is 12.8 Å². The van der Waals surface area contributed by atoms with Gasteiger partial charge in [-0.25, -0.2) is 12.8 Å². The number of hydrogen-bond donors (Lipinski definition) is 1. The van der Waals surface area contributed by atoms with Crippen LogP contribution in [0.1, 0.15) is 5.56 Å². The Bertz CT molecular complexity index is 758. The van der Waals surface area contributed by atoms with E-state index in [1.807, 2.05) is 0 Å². The molecule has 0 spiro atoms. The molecule has 1 N–H and O–H groups in total. The van der Waals surface area contributed by atoms with E-state index in [4.69, 9.17) is 23.2 Å². The van der Waals surface area contributed by atoms with Crippen molar-refractivity contribution in [1.29, 1.82) is 0 Å². The number of rotatable bonds is 4. The van der Waals surface area contributed by atoms with Gasteiger partial charge in [0.1, 0.15) is 5.82 Å². The van der Waals surface area contributed by atoms with Crippen LogP contribution in [0.25, 0.3) is 0 Å². The summed E-state index contributed by atoms with van der Waals surface area (Å²) in [5, 5.41) is 3.72. The quantitative estimate of drug-likeness (QED) is 0.845. The summed E-state index contributed by atoms with van der Waals surface area (Å²) < 4.78 is 36.7. The average Bonchev–Trinajstić information content (AvgIpc) is 2.38. The van der Waals surface area contributed by atoms with Crippen molar-refractivity contribution in [1.82, 2.24) is 0 Å². The molecule has 0 radical (unpaired) electrons. The first kappa shape index (κ1) is 16.1. The molecule has 0 aromatic heterocycles. The summed E-state index contributed by atoms with van der Waals surface area (Å²) in [7, 11) is -3.40. The molecule has 7 heteroatoms. The SMILES string of the molecule is CS(=O)(=O)c1ccc(F)c(NCc2c(Cl)cccc2Cl)c1. The monoisotopic (exact) mass is 347 g/mol. The second-order valence-corrected chi connectivity index (χ2v) is 7.30. The predicted molar refractivity (Wildman–Crippen MR) is 83.3 cm³/mol. The van der Waals surface area contributed by atoms with Crippen LogP contribution in [-0.2, 0) is 16.4 Å². The first-order valence-corrected chi connectivity index (χ1v) is 8.60. The van der Waals surface area contributed by atoms with Crippen LogP contribution in [0.4, 0.5) is 10.1 Å². The number of hydrogen-bond acceptors (Lipinski definition) is 3. The van der Waals surface area contributed by atoms with E-state index >= 15 is 0 Å². The van der Waals surface area contributed by atoms with Crippen molar-refractivity contribution in [3.05, 3.63) is 57.8 Å². The van der Waals surface area contributed by atoms with Crippen LogP contribution >= 0.6 is 23.2 Å². The van der Waals surface area contributed by atoms with Gasteiger partial charge in [-0.2, -0.15) is 0 Å². The Morgan fingerprint density at radius 2 is 1.76 bits per heavy atom. The molecule has 0 aliphatic heterocycles. The fraction of sp³-hybridized carbons (Fsp3) is 0.143. The lowest BCUT2D eigenvalue weighted by atomic mass is 10.2. The zero-order valence-electron chi connectivity index (χ0n) is 11.0. The van der Waals surface area contributed by atoms with Gasteiger partial charge >= 0.3 is 0 Å². The minimum atomic E-state index is -3.40. The molecule has 112 valence electrons. The van der Waals surface area contributed by atoms with Crippen molar-refractivity contribution in [2.45, 2.75) is 11.4 Å². The highest BCUT2D eigenvalue weighted by molar-refractivity contribution is 7.90. The van der Waals surface area contributed by atoms with Crippen LogP contribution in [0.3, 0.4) is 0 Å². The third kappa shape index (κ3) is 3.87. The van der Waals surface area contributed by atoms with Crippen molar-refractivity contribution >= 4 is 38.7 Å². The lowest BCUT2D eigenvalue weighted by Crippen LogP contribution is -2.05. The van der Waals surface area contributed by atoms with Crippen molar-refractivity contribution < 1.29 is 12.8 Å². The molecule has 0 unspecified atom stereocenters. The fourth-order valence-electron chi connectivity index (χ4n) is 1.76. The van der Waals surface area contributed by atoms with E-state index in [1.54, 1.807) is 18.2 Å². The maximum atomic E-state index is 13.7. The van der Waals surface area contributed by atoms with Crippen molar-refractivity contribution in [3.63, 3.8) is 0 Å². The van der Waals surface area contributed by atoms with Gasteiger partial charge in [-0.15, -0.1) is 0 Å². The molecule has 0 saturated heterocycles. The molecular formula is C14H12Cl2FNO2S. The first-order chi connectivity index (χ1) is 9.79. The number of nitrogens with one attached hydrogen (secondary N) is 1. The smallest absolute Gasteiger partial charge is 0.175 e. The number of benzene rings is 2. The van der Waals surface area contributed by atoms with E-state index in [0.29, 0.717) is 15.6 Å². The molecule has 2 aromatic rings. The van der Waals surface area contributed by atoms with Crippen LogP contribution < -0.4 is 5.32 Å². The summed E-state index contributed by atoms with van der Waals surface area (Å²) >= 11 is 12.1. The molecule has 0 atom stereocenters. The molecule has 2 aromatic carbocycles. The second-order valence-electron chi connectivity index (χ2n) is 4.47. The Morgan fingerprint density at radius 1 is 1.14 bits per heavy atom. The minimum Gasteiger partial charge on any atom is -0.378 e. The van der Waals surface area contributed by atoms with E-state index < -0.39 is 15.7 Å². The summed E-state index contributed by atoms with van der Waals surface area (Å²) in [6.07, 6.45) is 1.06. The van der Waals surface area contributed by atoms with Crippen molar-refractivity contribution in [2.24, 2.45) is 0 Å². The maximum Gasteiger partial charge on any atom is 0.175 e. The van der Waals surface area contributed by atoms with Gasteiger partial charge < -0.3 is 5.32 Å². The first-order valence-electron chi connectivity index (χ1n) is 5.95. The predicted octanol–water partition coefficient (Wildman–Crippen LogP) is 4.15. The molecule has 3 nitrogen and oxygen atoms in total. The van der Waals surface area contributed by atoms with Crippen LogP contribution in [0.5, 0.6) is 0 Å². The average molecular weight is 348 g/mol. The molecular weight excluding hydrogens is 336 g/mol. The van der Waals surface area contributed by atoms with Crippen LogP contribution in [0.15, 0.2) is 41.3 Å². The summed E-state index contributed by atoms with van der Waals surface area (Å²) in [5.41, 5.74) is 0.693. The molecule has 0 fully saturated rings. The highest BCUT2D eigenvalue weighted by Gasteiger charge is 2.12. The molecule has 0 aliphatic rings. The molecule has 0 bridgehead atoms. The van der Waals surface area contributed by atoms with Crippen LogP contribution in [0.2, 0.25) is 10.0 Å². The number of halogens is 3. The molecule has 0 heterocycles. The zero-order chi connectivity index (χ0) is 15.6. The lowest BCUT2D eigenvalue weighted by molar-refractivity contribution is 0.600. The van der Waals surface area contributed by atoms with E-state index in [-0.39, 0.29) is 17.1 Å². The van der Waals surface area contributed by atoms with Gasteiger partial charge in [0.15, 0.2) is 9.84 Å². The summed E-state index contributed by atoms with van der Waals surface area (Å²) in [6.45, 7) is 0.183. The van der Waals surface area contributed by atoms with Gasteiger partial charge in [0, 0.05) is 28.4 Å². The maximum absolute atomic E-state index is 13.7. The van der Waals surface area contributed by atoms with Crippen molar-refractivity contribution in [3.8, 4) is 0 Å². The van der Waals surface area contributed by atoms with Gasteiger partial charge in [0.05, 0.1) is 10.6 Å². The van der Waals surface area contributed by atoms with Gasteiger partial charge in [-0.1, -0.05) is 29.3 Å². The Hall–Kier alpha value is -1.30. The summed E-state index contributed by atoms with van der Waals surface area (Å²) in [5.74, 6) is -0.550. The van der Waals surface area contributed by atoms with Crippen LogP contribution in [0, 0.1) is 5.82 Å². The lowest BCUT2D eigenvalue weighted by Gasteiger charge is -2.11. The zero-order valence-corrected chi connectivity index (χ0v) is 13.4. The highest BCUT2D eigenvalue weighted by atomic mass is 35.5. The Kier molecular flexibility index (Phi) is 4.76. The Labute approximate surface area is 132 Å². The largest absolute Gasteiger partial charge is 0.378 e. The van der Waals surface area contributed by atoms with E-state index in [1.165, 1.54) is 12.1 Å². The molecule has 0 amide bonds. The van der Waals surface area contributed by atoms with E-state index in [0.717, 1.165) is 12.3 Å². The molecule has 21 heavy (non-hydrogen) atoms. The van der Waals surface area contributed by atoms with Gasteiger partial charge in [0.2, 0.25) is 0 Å². The van der Waals surface area contributed by atoms with Gasteiger partial charge in [0.25, 0.3) is 0 Å². The highest BCUT2D eigenvalue weighted by Crippen LogP contribution is 2.26. The third-order valence-corrected chi connectivity index (χ3v) is 4.70. The van der Waals surface area contributed by atoms with Gasteiger partial charge in [-0.3, -0.25) is 0 Å².